The molecule has 2 N–H and O–H groups in total. The Morgan fingerprint density at radius 3 is 2.42 bits per heavy atom. The second-order valence-electron chi connectivity index (χ2n) is 6.90. The first kappa shape index (κ1) is 18.5. The molecule has 0 unspecified atom stereocenters. The minimum Gasteiger partial charge on any atom is -0.354 e. The molecule has 0 aromatic heterocycles. The lowest BCUT2D eigenvalue weighted by Gasteiger charge is -2.22. The molecular formula is C20H30N2O2. The minimum absolute atomic E-state index is 0.00832. The molecule has 1 aromatic rings. The van der Waals surface area contributed by atoms with Crippen molar-refractivity contribution in [2.45, 2.75) is 76.8 Å². The number of aryl methyl sites for hydroxylation is 1. The van der Waals surface area contributed by atoms with E-state index in [9.17, 15) is 9.59 Å². The van der Waals surface area contributed by atoms with Gasteiger partial charge in [-0.3, -0.25) is 9.59 Å². The van der Waals surface area contributed by atoms with Gasteiger partial charge in [-0.05, 0) is 38.2 Å². The summed E-state index contributed by atoms with van der Waals surface area (Å²) in [4.78, 5) is 23.9. The molecule has 0 bridgehead atoms. The lowest BCUT2D eigenvalue weighted by Crippen LogP contribution is -2.37. The summed E-state index contributed by atoms with van der Waals surface area (Å²) in [5.41, 5.74) is 1.28. The van der Waals surface area contributed by atoms with Gasteiger partial charge >= 0.3 is 0 Å². The van der Waals surface area contributed by atoms with Crippen LogP contribution in [0.1, 0.15) is 63.9 Å². The van der Waals surface area contributed by atoms with Crippen LogP contribution in [0.3, 0.4) is 0 Å². The molecule has 1 atom stereocenters. The first-order valence-corrected chi connectivity index (χ1v) is 9.26. The van der Waals surface area contributed by atoms with Gasteiger partial charge in [0.1, 0.15) is 0 Å². The van der Waals surface area contributed by atoms with E-state index in [0.717, 1.165) is 25.7 Å². The average Bonchev–Trinajstić information content (AvgIpc) is 2.60. The highest BCUT2D eigenvalue weighted by atomic mass is 16.2. The van der Waals surface area contributed by atoms with Crippen molar-refractivity contribution in [3.8, 4) is 0 Å². The zero-order chi connectivity index (χ0) is 17.2. The highest BCUT2D eigenvalue weighted by molar-refractivity contribution is 5.83. The number of carbonyl (C=O) groups is 2. The third kappa shape index (κ3) is 7.16. The van der Waals surface area contributed by atoms with Gasteiger partial charge in [0.15, 0.2) is 0 Å². The lowest BCUT2D eigenvalue weighted by molar-refractivity contribution is -0.127. The fraction of sp³-hybridized carbons (Fsp3) is 0.600. The molecule has 1 aliphatic carbocycles. The Morgan fingerprint density at radius 2 is 1.71 bits per heavy atom. The summed E-state index contributed by atoms with van der Waals surface area (Å²) in [6, 6.07) is 10.7. The first-order valence-electron chi connectivity index (χ1n) is 9.26. The molecule has 132 valence electrons. The average molecular weight is 330 g/mol. The van der Waals surface area contributed by atoms with Crippen LogP contribution in [0.15, 0.2) is 30.3 Å². The van der Waals surface area contributed by atoms with Crippen LogP contribution in [0.4, 0.5) is 0 Å². The fourth-order valence-corrected chi connectivity index (χ4v) is 3.22. The molecular weight excluding hydrogens is 300 g/mol. The number of amides is 2. The van der Waals surface area contributed by atoms with Crippen molar-refractivity contribution >= 4 is 11.8 Å². The van der Waals surface area contributed by atoms with E-state index >= 15 is 0 Å². The van der Waals surface area contributed by atoms with Crippen molar-refractivity contribution in [2.24, 2.45) is 0 Å². The zero-order valence-electron chi connectivity index (χ0n) is 14.7. The quantitative estimate of drug-likeness (QED) is 0.768. The van der Waals surface area contributed by atoms with Crippen LogP contribution in [0.5, 0.6) is 0 Å². The van der Waals surface area contributed by atoms with Crippen LogP contribution < -0.4 is 10.6 Å². The molecule has 1 saturated carbocycles. The zero-order valence-corrected chi connectivity index (χ0v) is 14.7. The van der Waals surface area contributed by atoms with Gasteiger partial charge in [-0.1, -0.05) is 49.6 Å². The van der Waals surface area contributed by atoms with E-state index in [1.54, 1.807) is 0 Å². The fourth-order valence-electron chi connectivity index (χ4n) is 3.22. The Hall–Kier alpha value is -1.84. The van der Waals surface area contributed by atoms with Crippen LogP contribution >= 0.6 is 0 Å². The molecule has 0 heterocycles. The number of benzene rings is 1. The van der Waals surface area contributed by atoms with Crippen LogP contribution in [0.25, 0.3) is 0 Å². The largest absolute Gasteiger partial charge is 0.354 e. The molecule has 1 aromatic carbocycles. The summed E-state index contributed by atoms with van der Waals surface area (Å²) in [6.07, 6.45) is 8.24. The predicted octanol–water partition coefficient (Wildman–Crippen LogP) is 3.35. The number of nitrogens with one attached hydrogen (secondary N) is 2. The number of hydrogen-bond donors (Lipinski definition) is 2. The van der Waals surface area contributed by atoms with Crippen LogP contribution in [-0.4, -0.2) is 23.9 Å². The Kier molecular flexibility index (Phi) is 7.80. The van der Waals surface area contributed by atoms with Gasteiger partial charge in [0.25, 0.3) is 0 Å². The van der Waals surface area contributed by atoms with E-state index in [4.69, 9.17) is 0 Å². The monoisotopic (exact) mass is 330 g/mol. The predicted molar refractivity (Wildman–Crippen MR) is 96.6 cm³/mol. The second kappa shape index (κ2) is 10.1. The Balaban J connectivity index is 1.58. The second-order valence-corrected chi connectivity index (χ2v) is 6.90. The van der Waals surface area contributed by atoms with E-state index in [0.29, 0.717) is 6.04 Å². The van der Waals surface area contributed by atoms with Gasteiger partial charge in [-0.25, -0.2) is 0 Å². The van der Waals surface area contributed by atoms with E-state index in [1.165, 1.54) is 24.8 Å². The van der Waals surface area contributed by atoms with Crippen molar-refractivity contribution in [1.29, 1.82) is 0 Å². The van der Waals surface area contributed by atoms with Gasteiger partial charge in [-0.15, -0.1) is 0 Å². The van der Waals surface area contributed by atoms with Gasteiger partial charge in [-0.2, -0.15) is 0 Å². The van der Waals surface area contributed by atoms with Crippen LogP contribution in [0.2, 0.25) is 0 Å². The van der Waals surface area contributed by atoms with Gasteiger partial charge in [0.05, 0.1) is 0 Å². The van der Waals surface area contributed by atoms with Gasteiger partial charge in [0.2, 0.25) is 11.8 Å². The summed E-state index contributed by atoms with van der Waals surface area (Å²) in [5.74, 6) is -0.0247. The van der Waals surface area contributed by atoms with Crippen LogP contribution in [0, 0.1) is 0 Å². The molecule has 1 aliphatic rings. The third-order valence-electron chi connectivity index (χ3n) is 4.67. The molecule has 4 heteroatoms. The van der Waals surface area contributed by atoms with E-state index in [1.807, 2.05) is 25.1 Å². The van der Waals surface area contributed by atoms with Crippen molar-refractivity contribution < 1.29 is 9.59 Å². The van der Waals surface area contributed by atoms with Crippen LogP contribution in [-0.2, 0) is 16.0 Å². The third-order valence-corrected chi connectivity index (χ3v) is 4.67. The summed E-state index contributed by atoms with van der Waals surface area (Å²) in [5, 5.41) is 6.05. The molecule has 0 aliphatic heterocycles. The van der Waals surface area contributed by atoms with Crippen molar-refractivity contribution in [3.63, 3.8) is 0 Å². The topological polar surface area (TPSA) is 58.2 Å². The highest BCUT2D eigenvalue weighted by Gasteiger charge is 2.16. The molecule has 24 heavy (non-hydrogen) atoms. The number of hydrogen-bond acceptors (Lipinski definition) is 2. The molecule has 2 rings (SSSR count). The van der Waals surface area contributed by atoms with E-state index in [2.05, 4.69) is 22.8 Å². The standard InChI is InChI=1S/C20H30N2O2/c1-16(12-13-17-8-4-2-5-9-17)21-19(23)14-15-20(24)22-18-10-6-3-7-11-18/h2,4-5,8-9,16,18H,3,6-7,10-15H2,1H3,(H,21,23)(H,22,24)/t16-/m1/s1. The lowest BCUT2D eigenvalue weighted by atomic mass is 9.95. The highest BCUT2D eigenvalue weighted by Crippen LogP contribution is 2.17. The summed E-state index contributed by atoms with van der Waals surface area (Å²) in [7, 11) is 0. The first-order chi connectivity index (χ1) is 11.6. The van der Waals surface area contributed by atoms with Gasteiger partial charge in [0, 0.05) is 24.9 Å². The van der Waals surface area contributed by atoms with Crippen molar-refractivity contribution in [1.82, 2.24) is 10.6 Å². The molecule has 0 radical (unpaired) electrons. The maximum Gasteiger partial charge on any atom is 0.220 e. The Bertz CT molecular complexity index is 510. The Labute approximate surface area is 145 Å². The van der Waals surface area contributed by atoms with E-state index < -0.39 is 0 Å². The molecule has 4 nitrogen and oxygen atoms in total. The van der Waals surface area contributed by atoms with E-state index in [-0.39, 0.29) is 30.7 Å². The smallest absolute Gasteiger partial charge is 0.220 e. The van der Waals surface area contributed by atoms with Crippen molar-refractivity contribution in [3.05, 3.63) is 35.9 Å². The molecule has 0 saturated heterocycles. The number of rotatable bonds is 8. The van der Waals surface area contributed by atoms with Gasteiger partial charge < -0.3 is 10.6 Å². The minimum atomic E-state index is -0.0330. The van der Waals surface area contributed by atoms with Crippen molar-refractivity contribution in [2.75, 3.05) is 0 Å². The SMILES string of the molecule is C[C@H](CCc1ccccc1)NC(=O)CCC(=O)NC1CCCCC1. The maximum atomic E-state index is 12.0. The summed E-state index contributed by atoms with van der Waals surface area (Å²) >= 11 is 0. The normalized spacial score (nSPS) is 16.4. The Morgan fingerprint density at radius 1 is 1.04 bits per heavy atom. The number of carbonyl (C=O) groups excluding carboxylic acids is 2. The molecule has 1 fully saturated rings. The molecule has 2 amide bonds. The maximum absolute atomic E-state index is 12.0. The summed E-state index contributed by atoms with van der Waals surface area (Å²) in [6.45, 7) is 2.02. The summed E-state index contributed by atoms with van der Waals surface area (Å²) < 4.78 is 0. The molecule has 0 spiro atoms.